The van der Waals surface area contributed by atoms with Crippen LogP contribution in [0.3, 0.4) is 0 Å². The lowest BCUT2D eigenvalue weighted by atomic mass is 10.0. The average molecular weight is 357 g/mol. The van der Waals surface area contributed by atoms with Gasteiger partial charge in [0.25, 0.3) is 5.91 Å². The molecule has 0 saturated carbocycles. The Balaban J connectivity index is 2.16. The molecule has 1 N–H and O–H groups in total. The number of carbonyl (C=O) groups is 2. The van der Waals surface area contributed by atoms with Gasteiger partial charge in [0.1, 0.15) is 11.8 Å². The number of benzene rings is 2. The smallest absolute Gasteiger partial charge is 0.328 e. The van der Waals surface area contributed by atoms with Crippen molar-refractivity contribution in [3.05, 3.63) is 65.7 Å². The van der Waals surface area contributed by atoms with Gasteiger partial charge < -0.3 is 19.5 Å². The van der Waals surface area contributed by atoms with Crippen LogP contribution in [0.2, 0.25) is 0 Å². The minimum Gasteiger partial charge on any atom is -0.497 e. The van der Waals surface area contributed by atoms with Gasteiger partial charge in [-0.2, -0.15) is 0 Å². The lowest BCUT2D eigenvalue weighted by Crippen LogP contribution is -2.45. The summed E-state index contributed by atoms with van der Waals surface area (Å²) in [7, 11) is 4.31. The molecule has 138 valence electrons. The van der Waals surface area contributed by atoms with Gasteiger partial charge in [-0.25, -0.2) is 4.79 Å². The van der Waals surface area contributed by atoms with Gasteiger partial charge in [-0.3, -0.25) is 4.79 Å². The molecule has 6 nitrogen and oxygen atoms in total. The number of carbonyl (C=O) groups excluding carboxylic acids is 2. The summed E-state index contributed by atoms with van der Waals surface area (Å²) in [5, 5.41) is 2.72. The number of ether oxygens (including phenoxy) is 3. The van der Waals surface area contributed by atoms with Crippen LogP contribution < -0.4 is 10.1 Å². The van der Waals surface area contributed by atoms with E-state index in [2.05, 4.69) is 5.32 Å². The van der Waals surface area contributed by atoms with Crippen LogP contribution in [0.25, 0.3) is 0 Å². The zero-order valence-electron chi connectivity index (χ0n) is 15.1. The van der Waals surface area contributed by atoms with Crippen LogP contribution in [0.1, 0.15) is 17.2 Å². The largest absolute Gasteiger partial charge is 0.497 e. The third-order valence-electron chi connectivity index (χ3n) is 3.95. The van der Waals surface area contributed by atoms with Crippen LogP contribution in [0.4, 0.5) is 0 Å². The Hall–Kier alpha value is -2.86. The maximum Gasteiger partial charge on any atom is 0.328 e. The van der Waals surface area contributed by atoms with E-state index in [1.54, 1.807) is 19.2 Å². The number of rotatable bonds is 8. The molecule has 0 spiro atoms. The first kappa shape index (κ1) is 19.5. The van der Waals surface area contributed by atoms with Crippen LogP contribution in [-0.4, -0.2) is 39.2 Å². The van der Waals surface area contributed by atoms with Gasteiger partial charge in [0, 0.05) is 13.5 Å². The Kier molecular flexibility index (Phi) is 7.17. The van der Waals surface area contributed by atoms with E-state index in [1.807, 2.05) is 42.5 Å². The summed E-state index contributed by atoms with van der Waals surface area (Å²) in [4.78, 5) is 24.8. The maximum absolute atomic E-state index is 12.7. The standard InChI is InChI=1S/C20H23NO5/c1-24-16-11-7-8-14(12-16)13-17(20(23)26-3)21-19(22)18(25-2)15-9-5-4-6-10-15/h4-12,17-18H,13H2,1-3H3,(H,21,22)/t17-,18-/m0/s1. The molecule has 0 unspecified atom stereocenters. The van der Waals surface area contributed by atoms with E-state index in [-0.39, 0.29) is 6.42 Å². The topological polar surface area (TPSA) is 73.9 Å². The minimum absolute atomic E-state index is 0.279. The summed E-state index contributed by atoms with van der Waals surface area (Å²) < 4.78 is 15.3. The average Bonchev–Trinajstić information content (AvgIpc) is 2.68. The van der Waals surface area contributed by atoms with E-state index >= 15 is 0 Å². The van der Waals surface area contributed by atoms with E-state index in [9.17, 15) is 9.59 Å². The van der Waals surface area contributed by atoms with Crippen molar-refractivity contribution in [1.29, 1.82) is 0 Å². The molecule has 2 aromatic rings. The third-order valence-corrected chi connectivity index (χ3v) is 3.95. The van der Waals surface area contributed by atoms with Crippen molar-refractivity contribution in [2.24, 2.45) is 0 Å². The first-order chi connectivity index (χ1) is 12.6. The van der Waals surface area contributed by atoms with Crippen molar-refractivity contribution in [2.45, 2.75) is 18.6 Å². The van der Waals surface area contributed by atoms with E-state index in [4.69, 9.17) is 14.2 Å². The van der Waals surface area contributed by atoms with E-state index < -0.39 is 24.0 Å². The van der Waals surface area contributed by atoms with Crippen LogP contribution in [-0.2, 0) is 25.5 Å². The van der Waals surface area contributed by atoms with Crippen molar-refractivity contribution in [1.82, 2.24) is 5.32 Å². The number of hydrogen-bond donors (Lipinski definition) is 1. The first-order valence-corrected chi connectivity index (χ1v) is 8.18. The predicted octanol–water partition coefficient (Wildman–Crippen LogP) is 2.28. The highest BCUT2D eigenvalue weighted by atomic mass is 16.5. The zero-order valence-corrected chi connectivity index (χ0v) is 15.1. The molecule has 2 rings (SSSR count). The summed E-state index contributed by atoms with van der Waals surface area (Å²) in [6, 6.07) is 15.6. The quantitative estimate of drug-likeness (QED) is 0.734. The second kappa shape index (κ2) is 9.58. The van der Waals surface area contributed by atoms with Crippen LogP contribution in [0.15, 0.2) is 54.6 Å². The van der Waals surface area contributed by atoms with Gasteiger partial charge in [-0.15, -0.1) is 0 Å². The Morgan fingerprint density at radius 3 is 2.35 bits per heavy atom. The highest BCUT2D eigenvalue weighted by Gasteiger charge is 2.27. The highest BCUT2D eigenvalue weighted by molar-refractivity contribution is 5.87. The lowest BCUT2D eigenvalue weighted by Gasteiger charge is -2.21. The molecule has 0 radical (unpaired) electrons. The number of hydrogen-bond acceptors (Lipinski definition) is 5. The fourth-order valence-electron chi connectivity index (χ4n) is 2.64. The third kappa shape index (κ3) is 5.07. The molecule has 2 atom stereocenters. The van der Waals surface area contributed by atoms with Crippen molar-refractivity contribution >= 4 is 11.9 Å². The molecule has 0 bridgehead atoms. The number of amides is 1. The molecule has 0 aliphatic heterocycles. The highest BCUT2D eigenvalue weighted by Crippen LogP contribution is 2.18. The number of methoxy groups -OCH3 is 3. The molecule has 0 aromatic heterocycles. The van der Waals surface area contributed by atoms with Crippen LogP contribution in [0, 0.1) is 0 Å². The lowest BCUT2D eigenvalue weighted by molar-refractivity contribution is -0.146. The van der Waals surface area contributed by atoms with Crippen molar-refractivity contribution in [3.63, 3.8) is 0 Å². The zero-order chi connectivity index (χ0) is 18.9. The summed E-state index contributed by atoms with van der Waals surface area (Å²) in [5.41, 5.74) is 1.55. The Morgan fingerprint density at radius 1 is 1.00 bits per heavy atom. The Morgan fingerprint density at radius 2 is 1.73 bits per heavy atom. The molecule has 0 saturated heterocycles. The fourth-order valence-corrected chi connectivity index (χ4v) is 2.64. The first-order valence-electron chi connectivity index (χ1n) is 8.18. The van der Waals surface area contributed by atoms with Gasteiger partial charge in [0.15, 0.2) is 6.10 Å². The van der Waals surface area contributed by atoms with Crippen LogP contribution in [0.5, 0.6) is 5.75 Å². The van der Waals surface area contributed by atoms with E-state index in [0.717, 1.165) is 5.56 Å². The van der Waals surface area contributed by atoms with E-state index in [0.29, 0.717) is 11.3 Å². The molecular formula is C20H23NO5. The summed E-state index contributed by atoms with van der Waals surface area (Å²) >= 11 is 0. The maximum atomic E-state index is 12.7. The normalized spacial score (nSPS) is 12.7. The Labute approximate surface area is 153 Å². The molecule has 26 heavy (non-hydrogen) atoms. The minimum atomic E-state index is -0.832. The van der Waals surface area contributed by atoms with Crippen molar-refractivity contribution in [3.8, 4) is 5.75 Å². The second-order valence-corrected chi connectivity index (χ2v) is 5.67. The van der Waals surface area contributed by atoms with Gasteiger partial charge in [-0.05, 0) is 23.3 Å². The second-order valence-electron chi connectivity index (χ2n) is 5.67. The summed E-state index contributed by atoms with van der Waals surface area (Å²) in [6.07, 6.45) is -0.533. The van der Waals surface area contributed by atoms with Crippen molar-refractivity contribution < 1.29 is 23.8 Å². The van der Waals surface area contributed by atoms with Crippen LogP contribution >= 0.6 is 0 Å². The van der Waals surface area contributed by atoms with Gasteiger partial charge >= 0.3 is 5.97 Å². The molecule has 2 aromatic carbocycles. The molecule has 0 fully saturated rings. The predicted molar refractivity (Wildman–Crippen MR) is 96.8 cm³/mol. The fraction of sp³-hybridized carbons (Fsp3) is 0.300. The van der Waals surface area contributed by atoms with E-state index in [1.165, 1.54) is 14.2 Å². The molecule has 0 aliphatic rings. The molecular weight excluding hydrogens is 334 g/mol. The number of nitrogens with one attached hydrogen (secondary N) is 1. The summed E-state index contributed by atoms with van der Waals surface area (Å²) in [6.45, 7) is 0. The Bertz CT molecular complexity index is 732. The van der Waals surface area contributed by atoms with Gasteiger partial charge in [-0.1, -0.05) is 42.5 Å². The molecule has 1 amide bonds. The SMILES string of the molecule is COC(=O)[C@H](Cc1cccc(OC)c1)NC(=O)[C@@H](OC)c1ccccc1. The van der Waals surface area contributed by atoms with Gasteiger partial charge in [0.2, 0.25) is 0 Å². The van der Waals surface area contributed by atoms with Gasteiger partial charge in [0.05, 0.1) is 14.2 Å². The number of esters is 1. The summed E-state index contributed by atoms with van der Waals surface area (Å²) in [5.74, 6) is -0.252. The molecule has 6 heteroatoms. The van der Waals surface area contributed by atoms with Crippen molar-refractivity contribution in [2.75, 3.05) is 21.3 Å². The monoisotopic (exact) mass is 357 g/mol. The molecule has 0 aliphatic carbocycles. The molecule has 0 heterocycles.